The highest BCUT2D eigenvalue weighted by molar-refractivity contribution is 5.74. The summed E-state index contributed by atoms with van der Waals surface area (Å²) in [5.41, 5.74) is 0. The molecule has 0 bridgehead atoms. The number of rotatable bonds is 4. The van der Waals surface area contributed by atoms with Gasteiger partial charge in [0.1, 0.15) is 24.0 Å². The van der Waals surface area contributed by atoms with Gasteiger partial charge in [-0.15, -0.1) is 0 Å². The summed E-state index contributed by atoms with van der Waals surface area (Å²) in [6, 6.07) is 3.38. The second-order valence-corrected chi connectivity index (χ2v) is 2.80. The number of carbonyl (C=O) groups is 1. The number of aliphatic carboxylic acids is 1. The molecule has 1 heterocycles. The summed E-state index contributed by atoms with van der Waals surface area (Å²) in [5, 5.41) is 8.68. The molecular weight excluding hydrogens is 172 g/mol. The molecule has 1 atom stereocenters. The van der Waals surface area contributed by atoms with Crippen molar-refractivity contribution in [1.82, 2.24) is 0 Å². The van der Waals surface area contributed by atoms with Crippen LogP contribution in [0, 0.1) is 0 Å². The number of carboxylic acids is 1. The molecule has 0 saturated carbocycles. The molecule has 1 N–H and O–H groups in total. The van der Waals surface area contributed by atoms with Crippen LogP contribution in [0.15, 0.2) is 16.5 Å². The van der Waals surface area contributed by atoms with Crippen LogP contribution < -0.4 is 0 Å². The molecule has 4 nitrogen and oxygen atoms in total. The topological polar surface area (TPSA) is 59.7 Å². The van der Waals surface area contributed by atoms with Crippen LogP contribution in [-0.2, 0) is 16.1 Å². The summed E-state index contributed by atoms with van der Waals surface area (Å²) >= 11 is 0. The van der Waals surface area contributed by atoms with Gasteiger partial charge >= 0.3 is 5.97 Å². The molecule has 0 saturated heterocycles. The number of hydrogen-bond donors (Lipinski definition) is 1. The SMILES string of the molecule is COCc1ccc(C(C)C(=O)O)o1. The molecule has 0 spiro atoms. The van der Waals surface area contributed by atoms with E-state index in [-0.39, 0.29) is 0 Å². The molecule has 1 aromatic rings. The Labute approximate surface area is 76.1 Å². The fourth-order valence-electron chi connectivity index (χ4n) is 0.969. The van der Waals surface area contributed by atoms with Crippen molar-refractivity contribution in [1.29, 1.82) is 0 Å². The molecule has 0 aliphatic carbocycles. The van der Waals surface area contributed by atoms with E-state index in [0.717, 1.165) is 0 Å². The van der Waals surface area contributed by atoms with Crippen LogP contribution in [0.1, 0.15) is 24.4 Å². The van der Waals surface area contributed by atoms with Gasteiger partial charge < -0.3 is 14.3 Å². The summed E-state index contributed by atoms with van der Waals surface area (Å²) in [6.45, 7) is 1.95. The van der Waals surface area contributed by atoms with Crippen LogP contribution in [0.2, 0.25) is 0 Å². The van der Waals surface area contributed by atoms with Crippen molar-refractivity contribution in [3.05, 3.63) is 23.7 Å². The number of furan rings is 1. The molecule has 0 radical (unpaired) electrons. The molecule has 4 heteroatoms. The predicted molar refractivity (Wildman–Crippen MR) is 45.5 cm³/mol. The lowest BCUT2D eigenvalue weighted by Gasteiger charge is -2.00. The number of carboxylic acid groups (broad SMARTS) is 1. The smallest absolute Gasteiger partial charge is 0.313 e. The average molecular weight is 184 g/mol. The lowest BCUT2D eigenvalue weighted by molar-refractivity contribution is -0.138. The fourth-order valence-corrected chi connectivity index (χ4v) is 0.969. The van der Waals surface area contributed by atoms with Gasteiger partial charge in [-0.3, -0.25) is 4.79 Å². The molecule has 13 heavy (non-hydrogen) atoms. The van der Waals surface area contributed by atoms with E-state index in [1.165, 1.54) is 0 Å². The van der Waals surface area contributed by atoms with Gasteiger partial charge in [-0.2, -0.15) is 0 Å². The first-order valence-corrected chi connectivity index (χ1v) is 3.95. The third-order valence-corrected chi connectivity index (χ3v) is 1.77. The second-order valence-electron chi connectivity index (χ2n) is 2.80. The summed E-state index contributed by atoms with van der Waals surface area (Å²) < 4.78 is 10.1. The molecule has 0 aliphatic heterocycles. The van der Waals surface area contributed by atoms with E-state index in [1.54, 1.807) is 26.2 Å². The monoisotopic (exact) mass is 184 g/mol. The third-order valence-electron chi connectivity index (χ3n) is 1.77. The number of methoxy groups -OCH3 is 1. The van der Waals surface area contributed by atoms with Gasteiger partial charge in [0.2, 0.25) is 0 Å². The van der Waals surface area contributed by atoms with E-state index in [2.05, 4.69) is 0 Å². The lowest BCUT2D eigenvalue weighted by atomic mass is 10.1. The maximum Gasteiger partial charge on any atom is 0.313 e. The number of ether oxygens (including phenoxy) is 1. The summed E-state index contributed by atoms with van der Waals surface area (Å²) in [6.07, 6.45) is 0. The van der Waals surface area contributed by atoms with Crippen molar-refractivity contribution in [3.8, 4) is 0 Å². The Bertz CT molecular complexity index is 290. The Morgan fingerprint density at radius 1 is 1.69 bits per heavy atom. The maximum absolute atomic E-state index is 10.6. The molecule has 1 unspecified atom stereocenters. The standard InChI is InChI=1S/C9H12O4/c1-6(9(10)11)8-4-3-7(13-8)5-12-2/h3-4,6H,5H2,1-2H3,(H,10,11). The molecular formula is C9H12O4. The third kappa shape index (κ3) is 2.32. The second kappa shape index (κ2) is 4.09. The Morgan fingerprint density at radius 3 is 2.92 bits per heavy atom. The largest absolute Gasteiger partial charge is 0.481 e. The minimum Gasteiger partial charge on any atom is -0.481 e. The van der Waals surface area contributed by atoms with E-state index >= 15 is 0 Å². The Balaban J connectivity index is 2.73. The summed E-state index contributed by atoms with van der Waals surface area (Å²) in [4.78, 5) is 10.6. The van der Waals surface area contributed by atoms with Gasteiger partial charge in [-0.05, 0) is 19.1 Å². The molecule has 1 rings (SSSR count). The predicted octanol–water partition coefficient (Wildman–Crippen LogP) is 1.61. The van der Waals surface area contributed by atoms with Gasteiger partial charge in [-0.1, -0.05) is 0 Å². The minimum atomic E-state index is -0.890. The van der Waals surface area contributed by atoms with Gasteiger partial charge in [0, 0.05) is 7.11 Å². The van der Waals surface area contributed by atoms with Gasteiger partial charge in [-0.25, -0.2) is 0 Å². The molecule has 0 fully saturated rings. The summed E-state index contributed by atoms with van der Waals surface area (Å²) in [7, 11) is 1.56. The zero-order valence-corrected chi connectivity index (χ0v) is 7.61. The zero-order chi connectivity index (χ0) is 9.84. The van der Waals surface area contributed by atoms with Crippen molar-refractivity contribution in [3.63, 3.8) is 0 Å². The quantitative estimate of drug-likeness (QED) is 0.772. The van der Waals surface area contributed by atoms with Crippen LogP contribution in [0.4, 0.5) is 0 Å². The first-order chi connectivity index (χ1) is 6.15. The average Bonchev–Trinajstić information content (AvgIpc) is 2.52. The van der Waals surface area contributed by atoms with Crippen molar-refractivity contribution in [2.75, 3.05) is 7.11 Å². The van der Waals surface area contributed by atoms with E-state index in [4.69, 9.17) is 14.3 Å². The van der Waals surface area contributed by atoms with Gasteiger partial charge in [0.15, 0.2) is 0 Å². The molecule has 0 aromatic carbocycles. The van der Waals surface area contributed by atoms with Crippen molar-refractivity contribution < 1.29 is 19.1 Å². The van der Waals surface area contributed by atoms with Crippen molar-refractivity contribution in [2.45, 2.75) is 19.4 Å². The van der Waals surface area contributed by atoms with E-state index in [9.17, 15) is 4.79 Å². The van der Waals surface area contributed by atoms with Gasteiger partial charge in [0.05, 0.1) is 0 Å². The van der Waals surface area contributed by atoms with Crippen LogP contribution in [0.3, 0.4) is 0 Å². The van der Waals surface area contributed by atoms with E-state index in [0.29, 0.717) is 18.1 Å². The maximum atomic E-state index is 10.6. The molecule has 72 valence electrons. The van der Waals surface area contributed by atoms with Gasteiger partial charge in [0.25, 0.3) is 0 Å². The first kappa shape index (κ1) is 9.80. The lowest BCUT2D eigenvalue weighted by Crippen LogP contribution is -2.05. The normalized spacial score (nSPS) is 12.8. The zero-order valence-electron chi connectivity index (χ0n) is 7.61. The highest BCUT2D eigenvalue weighted by Gasteiger charge is 2.17. The van der Waals surface area contributed by atoms with E-state index < -0.39 is 11.9 Å². The van der Waals surface area contributed by atoms with Crippen molar-refractivity contribution >= 4 is 5.97 Å². The molecule has 0 amide bonds. The van der Waals surface area contributed by atoms with Crippen LogP contribution in [-0.4, -0.2) is 18.2 Å². The molecule has 1 aromatic heterocycles. The Hall–Kier alpha value is -1.29. The van der Waals surface area contributed by atoms with E-state index in [1.807, 2.05) is 0 Å². The first-order valence-electron chi connectivity index (χ1n) is 3.95. The fraction of sp³-hybridized carbons (Fsp3) is 0.444. The van der Waals surface area contributed by atoms with Crippen LogP contribution in [0.25, 0.3) is 0 Å². The van der Waals surface area contributed by atoms with Crippen LogP contribution in [0.5, 0.6) is 0 Å². The minimum absolute atomic E-state index is 0.367. The highest BCUT2D eigenvalue weighted by Crippen LogP contribution is 2.18. The highest BCUT2D eigenvalue weighted by atomic mass is 16.5. The Morgan fingerprint density at radius 2 is 2.38 bits per heavy atom. The molecule has 0 aliphatic rings. The van der Waals surface area contributed by atoms with Crippen LogP contribution >= 0.6 is 0 Å². The van der Waals surface area contributed by atoms with Crippen molar-refractivity contribution in [2.24, 2.45) is 0 Å². The summed E-state index contributed by atoms with van der Waals surface area (Å²) in [5.74, 6) is -0.394. The Kier molecular flexibility index (Phi) is 3.08. The number of hydrogen-bond acceptors (Lipinski definition) is 3.